The van der Waals surface area contributed by atoms with Crippen LogP contribution in [0.1, 0.15) is 28.7 Å². The highest BCUT2D eigenvalue weighted by Gasteiger charge is 2.21. The maximum Gasteiger partial charge on any atom is 0.278 e. The molecule has 0 saturated carbocycles. The number of amides is 1. The van der Waals surface area contributed by atoms with Crippen LogP contribution >= 0.6 is 11.6 Å². The van der Waals surface area contributed by atoms with Gasteiger partial charge in [0.2, 0.25) is 0 Å². The van der Waals surface area contributed by atoms with Crippen LogP contribution in [0, 0.1) is 0 Å². The maximum absolute atomic E-state index is 12.8. The van der Waals surface area contributed by atoms with Gasteiger partial charge in [0.1, 0.15) is 5.69 Å². The number of anilines is 1. The number of nitrogens with zero attached hydrogens (tertiary/aromatic N) is 3. The molecule has 6 nitrogen and oxygen atoms in total. The molecule has 1 heterocycles. The Bertz CT molecular complexity index is 906. The second-order valence-electron chi connectivity index (χ2n) is 5.67. The maximum atomic E-state index is 12.8. The van der Waals surface area contributed by atoms with Crippen molar-refractivity contribution < 1.29 is 9.53 Å². The summed E-state index contributed by atoms with van der Waals surface area (Å²) in [4.78, 5) is 12.8. The van der Waals surface area contributed by atoms with E-state index in [4.69, 9.17) is 16.3 Å². The topological polar surface area (TPSA) is 69.0 Å². The first-order valence-corrected chi connectivity index (χ1v) is 8.60. The summed E-state index contributed by atoms with van der Waals surface area (Å²) in [6, 6.07) is 14.8. The van der Waals surface area contributed by atoms with Gasteiger partial charge in [-0.15, -0.1) is 5.10 Å². The number of aromatic nitrogens is 3. The summed E-state index contributed by atoms with van der Waals surface area (Å²) in [7, 11) is 1.56. The van der Waals surface area contributed by atoms with Gasteiger partial charge in [0.25, 0.3) is 5.91 Å². The van der Waals surface area contributed by atoms with Crippen LogP contribution in [-0.2, 0) is 17.8 Å². The van der Waals surface area contributed by atoms with Crippen LogP contribution in [0.2, 0.25) is 5.02 Å². The lowest BCUT2D eigenvalue weighted by Gasteiger charge is -2.10. The number of benzene rings is 2. The van der Waals surface area contributed by atoms with Gasteiger partial charge in [0, 0.05) is 17.8 Å². The van der Waals surface area contributed by atoms with Crippen molar-refractivity contribution in [3.05, 3.63) is 70.5 Å². The van der Waals surface area contributed by atoms with Gasteiger partial charge in [0.15, 0.2) is 5.69 Å². The summed E-state index contributed by atoms with van der Waals surface area (Å²) in [5.74, 6) is -0.321. The van der Waals surface area contributed by atoms with E-state index in [9.17, 15) is 4.79 Å². The molecule has 0 saturated heterocycles. The van der Waals surface area contributed by atoms with Crippen molar-refractivity contribution in [1.29, 1.82) is 0 Å². The fourth-order valence-electron chi connectivity index (χ4n) is 2.67. The van der Waals surface area contributed by atoms with Crippen molar-refractivity contribution >= 4 is 23.2 Å². The fraction of sp³-hybridized carbons (Fsp3) is 0.211. The van der Waals surface area contributed by atoms with Crippen LogP contribution in [-0.4, -0.2) is 28.0 Å². The molecule has 0 fully saturated rings. The number of ether oxygens (including phenoxy) is 1. The molecule has 0 unspecified atom stereocenters. The molecule has 7 heteroatoms. The van der Waals surface area contributed by atoms with Gasteiger partial charge in [-0.1, -0.05) is 41.9 Å². The fourth-order valence-corrected chi connectivity index (χ4v) is 2.79. The monoisotopic (exact) mass is 370 g/mol. The number of carbonyl (C=O) groups excluding carboxylic acids is 1. The largest absolute Gasteiger partial charge is 0.378 e. The number of hydrogen-bond acceptors (Lipinski definition) is 4. The second-order valence-corrected chi connectivity index (χ2v) is 6.11. The van der Waals surface area contributed by atoms with E-state index in [1.807, 2.05) is 43.3 Å². The first kappa shape index (κ1) is 18.1. The molecule has 3 rings (SSSR count). The summed E-state index contributed by atoms with van der Waals surface area (Å²) < 4.78 is 6.83. The molecule has 0 aliphatic carbocycles. The summed E-state index contributed by atoms with van der Waals surface area (Å²) >= 11 is 5.94. The number of halogens is 1. The Kier molecular flexibility index (Phi) is 5.65. The first-order chi connectivity index (χ1) is 12.6. The predicted molar refractivity (Wildman–Crippen MR) is 101 cm³/mol. The Morgan fingerprint density at radius 1 is 1.19 bits per heavy atom. The van der Waals surface area contributed by atoms with E-state index < -0.39 is 0 Å². The number of para-hydroxylation sites is 1. The van der Waals surface area contributed by atoms with E-state index in [0.29, 0.717) is 10.7 Å². The lowest BCUT2D eigenvalue weighted by molar-refractivity contribution is 0.101. The average molecular weight is 371 g/mol. The summed E-state index contributed by atoms with van der Waals surface area (Å²) in [5, 5.41) is 11.7. The number of hydrogen-bond donors (Lipinski definition) is 1. The third-order valence-corrected chi connectivity index (χ3v) is 4.23. The molecule has 0 spiro atoms. The lowest BCUT2D eigenvalue weighted by atomic mass is 10.1. The van der Waals surface area contributed by atoms with Crippen LogP contribution in [0.25, 0.3) is 5.69 Å². The zero-order valence-corrected chi connectivity index (χ0v) is 15.3. The third-order valence-electron chi connectivity index (χ3n) is 3.98. The standard InChI is InChI=1S/C19H19ClN4O2/c1-3-13-6-4-5-7-16(13)21-19(25)18-17(12-26-2)24(23-22-18)15-10-8-14(20)9-11-15/h4-11H,3,12H2,1-2H3,(H,21,25). The molecule has 0 aliphatic rings. The van der Waals surface area contributed by atoms with Crippen molar-refractivity contribution in [2.45, 2.75) is 20.0 Å². The number of aryl methyl sites for hydroxylation is 1. The van der Waals surface area contributed by atoms with Gasteiger partial charge >= 0.3 is 0 Å². The van der Waals surface area contributed by atoms with Crippen molar-refractivity contribution in [3.63, 3.8) is 0 Å². The highest BCUT2D eigenvalue weighted by atomic mass is 35.5. The van der Waals surface area contributed by atoms with Crippen LogP contribution in [0.5, 0.6) is 0 Å². The molecule has 0 radical (unpaired) electrons. The third kappa shape index (κ3) is 3.76. The second kappa shape index (κ2) is 8.12. The normalized spacial score (nSPS) is 10.7. The number of nitrogens with one attached hydrogen (secondary N) is 1. The average Bonchev–Trinajstić information content (AvgIpc) is 3.07. The van der Waals surface area contributed by atoms with Crippen LogP contribution < -0.4 is 5.32 Å². The highest BCUT2D eigenvalue weighted by molar-refractivity contribution is 6.30. The van der Waals surface area contributed by atoms with Gasteiger partial charge in [-0.2, -0.15) is 0 Å². The van der Waals surface area contributed by atoms with Gasteiger partial charge in [-0.05, 0) is 42.3 Å². The molecule has 0 atom stereocenters. The summed E-state index contributed by atoms with van der Waals surface area (Å²) in [5.41, 5.74) is 3.37. The molecule has 26 heavy (non-hydrogen) atoms. The SMILES string of the molecule is CCc1ccccc1NC(=O)c1nnn(-c2ccc(Cl)cc2)c1COC. The van der Waals surface area contributed by atoms with Gasteiger partial charge in [-0.25, -0.2) is 4.68 Å². The highest BCUT2D eigenvalue weighted by Crippen LogP contribution is 2.20. The Labute approximate surface area is 156 Å². The number of rotatable bonds is 6. The minimum atomic E-state index is -0.321. The molecule has 0 bridgehead atoms. The molecule has 1 aromatic heterocycles. The van der Waals surface area contributed by atoms with Gasteiger partial charge in [-0.3, -0.25) is 4.79 Å². The molecule has 1 N–H and O–H groups in total. The van der Waals surface area contributed by atoms with Gasteiger partial charge in [0.05, 0.1) is 12.3 Å². The minimum absolute atomic E-state index is 0.202. The summed E-state index contributed by atoms with van der Waals surface area (Å²) in [6.07, 6.45) is 0.818. The van der Waals surface area contributed by atoms with E-state index in [2.05, 4.69) is 15.6 Å². The van der Waals surface area contributed by atoms with E-state index >= 15 is 0 Å². The lowest BCUT2D eigenvalue weighted by Crippen LogP contribution is -2.17. The van der Waals surface area contributed by atoms with Crippen molar-refractivity contribution in [2.24, 2.45) is 0 Å². The van der Waals surface area contributed by atoms with Crippen molar-refractivity contribution in [2.75, 3.05) is 12.4 Å². The zero-order valence-electron chi connectivity index (χ0n) is 14.6. The van der Waals surface area contributed by atoms with E-state index in [-0.39, 0.29) is 18.2 Å². The Morgan fingerprint density at radius 3 is 2.62 bits per heavy atom. The van der Waals surface area contributed by atoms with E-state index in [1.165, 1.54) is 0 Å². The van der Waals surface area contributed by atoms with Crippen LogP contribution in [0.15, 0.2) is 48.5 Å². The molecule has 134 valence electrons. The predicted octanol–water partition coefficient (Wildman–Crippen LogP) is 3.88. The minimum Gasteiger partial charge on any atom is -0.378 e. The first-order valence-electron chi connectivity index (χ1n) is 8.22. The smallest absolute Gasteiger partial charge is 0.278 e. The Hall–Kier alpha value is -2.70. The summed E-state index contributed by atoms with van der Waals surface area (Å²) in [6.45, 7) is 2.24. The van der Waals surface area contributed by atoms with Crippen LogP contribution in [0.4, 0.5) is 5.69 Å². The van der Waals surface area contributed by atoms with E-state index in [1.54, 1.807) is 23.9 Å². The van der Waals surface area contributed by atoms with Gasteiger partial charge < -0.3 is 10.1 Å². The Morgan fingerprint density at radius 2 is 1.92 bits per heavy atom. The number of methoxy groups -OCH3 is 1. The number of carbonyl (C=O) groups is 1. The Balaban J connectivity index is 1.94. The van der Waals surface area contributed by atoms with Crippen molar-refractivity contribution in [3.8, 4) is 5.69 Å². The molecule has 1 amide bonds. The molecular weight excluding hydrogens is 352 g/mol. The molecular formula is C19H19ClN4O2. The van der Waals surface area contributed by atoms with Crippen molar-refractivity contribution in [1.82, 2.24) is 15.0 Å². The van der Waals surface area contributed by atoms with Crippen LogP contribution in [0.3, 0.4) is 0 Å². The zero-order chi connectivity index (χ0) is 18.5. The molecule has 3 aromatic rings. The molecule has 2 aromatic carbocycles. The quantitative estimate of drug-likeness (QED) is 0.714. The molecule has 0 aliphatic heterocycles. The van der Waals surface area contributed by atoms with E-state index in [0.717, 1.165) is 23.4 Å².